The molecule has 0 saturated heterocycles. The van der Waals surface area contributed by atoms with Gasteiger partial charge in [0.2, 0.25) is 0 Å². The van der Waals surface area contributed by atoms with Gasteiger partial charge in [0, 0.05) is 6.20 Å². The maximum Gasteiger partial charge on any atom is 0.272 e. The van der Waals surface area contributed by atoms with Crippen LogP contribution < -0.4 is 16.4 Å². The van der Waals surface area contributed by atoms with E-state index in [1.807, 2.05) is 0 Å². The van der Waals surface area contributed by atoms with Crippen molar-refractivity contribution in [1.29, 1.82) is 0 Å². The zero-order valence-corrected chi connectivity index (χ0v) is 10.9. The predicted molar refractivity (Wildman–Crippen MR) is 77.7 cm³/mol. The number of halogens is 1. The van der Waals surface area contributed by atoms with E-state index in [2.05, 4.69) is 20.5 Å². The average molecular weight is 289 g/mol. The summed E-state index contributed by atoms with van der Waals surface area (Å²) in [7, 11) is 0. The van der Waals surface area contributed by atoms with E-state index >= 15 is 0 Å². The Balaban J connectivity index is 2.17. The number of nitrogens with zero attached hydrogens (tertiary/aromatic N) is 1. The van der Waals surface area contributed by atoms with Gasteiger partial charge in [0.05, 0.1) is 21.5 Å². The molecule has 3 N–H and O–H groups in total. The van der Waals surface area contributed by atoms with E-state index in [9.17, 15) is 9.59 Å². The normalized spacial score (nSPS) is 10.7. The number of aromatic amines is 2. The molecular weight excluding hydrogens is 280 g/mol. The monoisotopic (exact) mass is 288 g/mol. The number of H-pyrrole nitrogens is 2. The summed E-state index contributed by atoms with van der Waals surface area (Å²) in [5, 5.41) is 8.70. The van der Waals surface area contributed by atoms with E-state index in [-0.39, 0.29) is 16.5 Å². The van der Waals surface area contributed by atoms with Gasteiger partial charge in [0.25, 0.3) is 11.1 Å². The van der Waals surface area contributed by atoms with E-state index in [0.717, 1.165) is 0 Å². The molecule has 3 rings (SSSR count). The van der Waals surface area contributed by atoms with Gasteiger partial charge in [0.1, 0.15) is 5.82 Å². The molecule has 1 aromatic carbocycles. The Hall–Kier alpha value is -2.60. The predicted octanol–water partition coefficient (Wildman–Crippen LogP) is 2.01. The largest absolute Gasteiger partial charge is 0.340 e. The molecule has 0 aliphatic heterocycles. The summed E-state index contributed by atoms with van der Waals surface area (Å²) in [5.74, 6) is 0.529. The van der Waals surface area contributed by atoms with Gasteiger partial charge in [0.15, 0.2) is 0 Å². The van der Waals surface area contributed by atoms with Crippen molar-refractivity contribution in [2.75, 3.05) is 5.32 Å². The Morgan fingerprint density at radius 1 is 1.05 bits per heavy atom. The highest BCUT2D eigenvalue weighted by Crippen LogP contribution is 2.21. The summed E-state index contributed by atoms with van der Waals surface area (Å²) in [5.41, 5.74) is -0.228. The second kappa shape index (κ2) is 4.82. The van der Waals surface area contributed by atoms with Crippen LogP contribution in [-0.4, -0.2) is 15.2 Å². The third-order valence-corrected chi connectivity index (χ3v) is 3.04. The second-order valence-corrected chi connectivity index (χ2v) is 4.56. The molecule has 0 bridgehead atoms. The lowest BCUT2D eigenvalue weighted by Gasteiger charge is -2.07. The topological polar surface area (TPSA) is 90.6 Å². The van der Waals surface area contributed by atoms with Crippen LogP contribution in [0.4, 0.5) is 11.5 Å². The summed E-state index contributed by atoms with van der Waals surface area (Å²) in [6.07, 6.45) is 1.49. The lowest BCUT2D eigenvalue weighted by molar-refractivity contribution is 0.977. The molecule has 0 spiro atoms. The highest BCUT2D eigenvalue weighted by molar-refractivity contribution is 6.30. The van der Waals surface area contributed by atoms with Crippen molar-refractivity contribution in [2.45, 2.75) is 0 Å². The molecule has 0 aliphatic rings. The summed E-state index contributed by atoms with van der Waals surface area (Å²) in [4.78, 5) is 27.7. The van der Waals surface area contributed by atoms with Crippen molar-refractivity contribution in [3.8, 4) is 0 Å². The minimum atomic E-state index is -0.378. The first-order valence-electron chi connectivity index (χ1n) is 5.77. The van der Waals surface area contributed by atoms with Crippen molar-refractivity contribution in [2.24, 2.45) is 0 Å². The molecular formula is C13H9ClN4O2. The number of hydrogen-bond acceptors (Lipinski definition) is 4. The Morgan fingerprint density at radius 3 is 2.60 bits per heavy atom. The molecule has 100 valence electrons. The van der Waals surface area contributed by atoms with Gasteiger partial charge >= 0.3 is 0 Å². The van der Waals surface area contributed by atoms with Crippen LogP contribution in [0.25, 0.3) is 10.8 Å². The summed E-state index contributed by atoms with van der Waals surface area (Å²) in [6.45, 7) is 0. The first-order valence-corrected chi connectivity index (χ1v) is 6.15. The number of anilines is 2. The summed E-state index contributed by atoms with van der Waals surface area (Å²) < 4.78 is 0. The zero-order chi connectivity index (χ0) is 14.1. The number of benzene rings is 1. The summed E-state index contributed by atoms with van der Waals surface area (Å²) >= 11 is 5.76. The Morgan fingerprint density at radius 2 is 1.85 bits per heavy atom. The van der Waals surface area contributed by atoms with Gasteiger partial charge in [-0.25, -0.2) is 4.98 Å². The van der Waals surface area contributed by atoms with Gasteiger partial charge in [-0.15, -0.1) is 0 Å². The van der Waals surface area contributed by atoms with Gasteiger partial charge in [-0.3, -0.25) is 19.8 Å². The zero-order valence-electron chi connectivity index (χ0n) is 10.1. The molecule has 20 heavy (non-hydrogen) atoms. The minimum absolute atomic E-state index is 0.285. The molecule has 6 nitrogen and oxygen atoms in total. The highest BCUT2D eigenvalue weighted by Gasteiger charge is 2.08. The quantitative estimate of drug-likeness (QED) is 0.673. The van der Waals surface area contributed by atoms with E-state index in [4.69, 9.17) is 11.6 Å². The average Bonchev–Trinajstić information content (AvgIpc) is 2.46. The fourth-order valence-corrected chi connectivity index (χ4v) is 2.03. The molecule has 0 radical (unpaired) electrons. The molecule has 2 aromatic heterocycles. The fraction of sp³-hybridized carbons (Fsp3) is 0. The third kappa shape index (κ3) is 2.17. The highest BCUT2D eigenvalue weighted by atomic mass is 35.5. The van der Waals surface area contributed by atoms with Crippen molar-refractivity contribution in [3.63, 3.8) is 0 Å². The molecule has 3 aromatic rings. The van der Waals surface area contributed by atoms with Crippen LogP contribution in [0.1, 0.15) is 0 Å². The van der Waals surface area contributed by atoms with Crippen molar-refractivity contribution in [1.82, 2.24) is 15.2 Å². The standard InChI is InChI=1S/C13H9ClN4O2/c14-7-4-5-10(15-6-7)16-9-3-1-2-8-11(9)13(20)18-17-12(8)19/h1-6H,(H,15,16)(H,17,19)(H,18,20). The maximum atomic E-state index is 11.9. The van der Waals surface area contributed by atoms with Crippen LogP contribution in [0.15, 0.2) is 46.1 Å². The molecule has 0 unspecified atom stereocenters. The molecule has 0 fully saturated rings. The van der Waals surface area contributed by atoms with E-state index in [1.54, 1.807) is 30.3 Å². The number of pyridine rings is 1. The van der Waals surface area contributed by atoms with Crippen LogP contribution in [0.5, 0.6) is 0 Å². The van der Waals surface area contributed by atoms with Crippen molar-refractivity contribution >= 4 is 33.9 Å². The number of hydrogen-bond donors (Lipinski definition) is 3. The molecule has 7 heteroatoms. The summed E-state index contributed by atoms with van der Waals surface area (Å²) in [6, 6.07) is 8.34. The molecule has 0 atom stereocenters. The van der Waals surface area contributed by atoms with Crippen molar-refractivity contribution in [3.05, 3.63) is 62.3 Å². The van der Waals surface area contributed by atoms with Gasteiger partial charge in [-0.2, -0.15) is 0 Å². The van der Waals surface area contributed by atoms with Crippen LogP contribution in [-0.2, 0) is 0 Å². The second-order valence-electron chi connectivity index (χ2n) is 4.12. The van der Waals surface area contributed by atoms with Gasteiger partial charge in [-0.1, -0.05) is 17.7 Å². The maximum absolute atomic E-state index is 11.9. The van der Waals surface area contributed by atoms with Crippen molar-refractivity contribution < 1.29 is 0 Å². The van der Waals surface area contributed by atoms with Crippen LogP contribution >= 0.6 is 11.6 Å². The number of nitrogens with one attached hydrogen (secondary N) is 3. The lowest BCUT2D eigenvalue weighted by Crippen LogP contribution is -2.19. The van der Waals surface area contributed by atoms with E-state index < -0.39 is 0 Å². The van der Waals surface area contributed by atoms with Crippen LogP contribution in [0.3, 0.4) is 0 Å². The van der Waals surface area contributed by atoms with E-state index in [1.165, 1.54) is 6.20 Å². The number of fused-ring (bicyclic) bond motifs is 1. The Kier molecular flexibility index (Phi) is 3.00. The molecule has 2 heterocycles. The Labute approximate surface area is 117 Å². The minimum Gasteiger partial charge on any atom is -0.340 e. The van der Waals surface area contributed by atoms with E-state index in [0.29, 0.717) is 21.9 Å². The molecule has 0 saturated carbocycles. The SMILES string of the molecule is O=c1[nH][nH]c(=O)c2c(Nc3ccc(Cl)cn3)cccc12. The smallest absolute Gasteiger partial charge is 0.272 e. The first-order chi connectivity index (χ1) is 9.65. The first kappa shape index (κ1) is 12.4. The van der Waals surface area contributed by atoms with Gasteiger partial charge < -0.3 is 5.32 Å². The fourth-order valence-electron chi connectivity index (χ4n) is 1.92. The number of aromatic nitrogens is 3. The lowest BCUT2D eigenvalue weighted by atomic mass is 10.1. The third-order valence-electron chi connectivity index (χ3n) is 2.82. The Bertz CT molecular complexity index is 883. The van der Waals surface area contributed by atoms with Crippen LogP contribution in [0.2, 0.25) is 5.02 Å². The molecule has 0 aliphatic carbocycles. The van der Waals surface area contributed by atoms with Gasteiger partial charge in [-0.05, 0) is 24.3 Å². The van der Waals surface area contributed by atoms with Crippen LogP contribution in [0, 0.1) is 0 Å². The molecule has 0 amide bonds. The number of rotatable bonds is 2.